The zero-order valence-corrected chi connectivity index (χ0v) is 20.3. The normalized spacial score (nSPS) is 17.1. The number of aromatic nitrogens is 2. The molecule has 0 radical (unpaired) electrons. The molecule has 2 aliphatic heterocycles. The SMILES string of the molecule is Cc1ccccc1-c1cnn(C(=O)N2CCN(Cc3c(N4CCCC4)cccc3C(F)(F)F)CC2)c1. The predicted molar refractivity (Wildman–Crippen MR) is 133 cm³/mol. The average molecular weight is 498 g/mol. The van der Waals surface area contributed by atoms with Crippen LogP contribution in [0, 0.1) is 6.92 Å². The number of hydrogen-bond acceptors (Lipinski definition) is 4. The van der Waals surface area contributed by atoms with Crippen LogP contribution in [0.4, 0.5) is 23.7 Å². The van der Waals surface area contributed by atoms with Gasteiger partial charge in [0.1, 0.15) is 0 Å². The summed E-state index contributed by atoms with van der Waals surface area (Å²) in [6.07, 6.45) is 1.01. The number of benzene rings is 2. The second kappa shape index (κ2) is 9.97. The van der Waals surface area contributed by atoms with Crippen molar-refractivity contribution in [2.24, 2.45) is 0 Å². The molecule has 2 fully saturated rings. The molecule has 2 aromatic carbocycles. The lowest BCUT2D eigenvalue weighted by atomic mass is 10.0. The van der Waals surface area contributed by atoms with Crippen LogP contribution >= 0.6 is 0 Å². The van der Waals surface area contributed by atoms with Gasteiger partial charge in [0, 0.05) is 68.8 Å². The van der Waals surface area contributed by atoms with Crippen LogP contribution in [-0.4, -0.2) is 64.9 Å². The molecule has 1 aromatic heterocycles. The maximum absolute atomic E-state index is 13.9. The standard InChI is InChI=1S/C27H30F3N5O/c1-20-7-2-3-8-22(20)21-17-31-35(18-21)26(36)34-15-13-32(14-16-34)19-23-24(27(28,29)30)9-6-10-25(23)33-11-4-5-12-33/h2-3,6-10,17-18H,4-5,11-16,19H2,1H3. The van der Waals surface area contributed by atoms with Gasteiger partial charge in [-0.3, -0.25) is 4.90 Å². The molecule has 6 nitrogen and oxygen atoms in total. The minimum atomic E-state index is -4.40. The summed E-state index contributed by atoms with van der Waals surface area (Å²) in [6.45, 7) is 5.67. The number of aryl methyl sites for hydroxylation is 1. The molecule has 5 rings (SSSR count). The van der Waals surface area contributed by atoms with Crippen molar-refractivity contribution in [3.63, 3.8) is 0 Å². The summed E-state index contributed by atoms with van der Waals surface area (Å²) in [5.41, 5.74) is 3.45. The number of piperazine rings is 1. The molecule has 3 heterocycles. The van der Waals surface area contributed by atoms with Gasteiger partial charge in [-0.05, 0) is 43.0 Å². The zero-order chi connectivity index (χ0) is 25.3. The van der Waals surface area contributed by atoms with E-state index in [2.05, 4.69) is 10.00 Å². The molecular formula is C27H30F3N5O. The topological polar surface area (TPSA) is 44.6 Å². The van der Waals surface area contributed by atoms with Gasteiger partial charge < -0.3 is 9.80 Å². The molecule has 0 bridgehead atoms. The van der Waals surface area contributed by atoms with Crippen LogP contribution in [0.25, 0.3) is 11.1 Å². The van der Waals surface area contributed by atoms with Crippen LogP contribution in [0.3, 0.4) is 0 Å². The smallest absolute Gasteiger partial charge is 0.371 e. The lowest BCUT2D eigenvalue weighted by Crippen LogP contribution is -2.49. The summed E-state index contributed by atoms with van der Waals surface area (Å²) in [5, 5.41) is 4.27. The van der Waals surface area contributed by atoms with Crippen molar-refractivity contribution in [3.8, 4) is 11.1 Å². The summed E-state index contributed by atoms with van der Waals surface area (Å²) in [6, 6.07) is 12.2. The number of amides is 1. The minimum absolute atomic E-state index is 0.211. The van der Waals surface area contributed by atoms with E-state index >= 15 is 0 Å². The second-order valence-electron chi connectivity index (χ2n) is 9.53. The molecule has 0 spiro atoms. The van der Waals surface area contributed by atoms with E-state index < -0.39 is 11.7 Å². The number of carbonyl (C=O) groups excluding carboxylic acids is 1. The highest BCUT2D eigenvalue weighted by molar-refractivity contribution is 5.78. The van der Waals surface area contributed by atoms with Gasteiger partial charge in [-0.15, -0.1) is 0 Å². The van der Waals surface area contributed by atoms with E-state index in [0.717, 1.165) is 42.6 Å². The Balaban J connectivity index is 1.27. The van der Waals surface area contributed by atoms with E-state index in [0.29, 0.717) is 37.4 Å². The lowest BCUT2D eigenvalue weighted by molar-refractivity contribution is -0.138. The molecule has 2 aliphatic rings. The van der Waals surface area contributed by atoms with E-state index in [9.17, 15) is 18.0 Å². The number of nitrogens with zero attached hydrogens (tertiary/aromatic N) is 5. The zero-order valence-electron chi connectivity index (χ0n) is 20.3. The number of rotatable bonds is 4. The number of hydrogen-bond donors (Lipinski definition) is 0. The van der Waals surface area contributed by atoms with Gasteiger partial charge in [-0.1, -0.05) is 30.3 Å². The number of carbonyl (C=O) groups is 1. The molecule has 0 atom stereocenters. The van der Waals surface area contributed by atoms with Crippen LogP contribution in [0.15, 0.2) is 54.9 Å². The third-order valence-electron chi connectivity index (χ3n) is 7.16. The Morgan fingerprint density at radius 2 is 1.67 bits per heavy atom. The fourth-order valence-corrected chi connectivity index (χ4v) is 5.19. The Kier molecular flexibility index (Phi) is 6.75. The Hall–Kier alpha value is -3.33. The van der Waals surface area contributed by atoms with E-state index in [4.69, 9.17) is 0 Å². The fraction of sp³-hybridized carbons (Fsp3) is 0.407. The summed E-state index contributed by atoms with van der Waals surface area (Å²) in [5.74, 6) is 0. The van der Waals surface area contributed by atoms with E-state index in [1.54, 1.807) is 23.4 Å². The maximum Gasteiger partial charge on any atom is 0.416 e. The molecule has 0 unspecified atom stereocenters. The van der Waals surface area contributed by atoms with Crippen molar-refractivity contribution < 1.29 is 18.0 Å². The van der Waals surface area contributed by atoms with Gasteiger partial charge >= 0.3 is 12.2 Å². The van der Waals surface area contributed by atoms with Gasteiger partial charge in [0.2, 0.25) is 0 Å². The lowest BCUT2D eigenvalue weighted by Gasteiger charge is -2.35. The maximum atomic E-state index is 13.9. The van der Waals surface area contributed by atoms with Gasteiger partial charge in [0.05, 0.1) is 11.8 Å². The van der Waals surface area contributed by atoms with Gasteiger partial charge in [0.25, 0.3) is 0 Å². The molecule has 1 amide bonds. The third kappa shape index (κ3) is 4.97. The van der Waals surface area contributed by atoms with Crippen LogP contribution in [-0.2, 0) is 12.7 Å². The van der Waals surface area contributed by atoms with Crippen molar-refractivity contribution >= 4 is 11.7 Å². The van der Waals surface area contributed by atoms with Crippen LogP contribution in [0.5, 0.6) is 0 Å². The van der Waals surface area contributed by atoms with Gasteiger partial charge in [-0.25, -0.2) is 4.79 Å². The first-order valence-electron chi connectivity index (χ1n) is 12.4. The quantitative estimate of drug-likeness (QED) is 0.493. The molecule has 3 aromatic rings. The molecular weight excluding hydrogens is 467 g/mol. The first kappa shape index (κ1) is 24.4. The fourth-order valence-electron chi connectivity index (χ4n) is 5.19. The first-order chi connectivity index (χ1) is 17.3. The van der Waals surface area contributed by atoms with Crippen molar-refractivity contribution in [1.29, 1.82) is 0 Å². The monoisotopic (exact) mass is 497 g/mol. The van der Waals surface area contributed by atoms with Crippen molar-refractivity contribution in [2.75, 3.05) is 44.2 Å². The Morgan fingerprint density at radius 1 is 0.944 bits per heavy atom. The van der Waals surface area contributed by atoms with Crippen molar-refractivity contribution in [1.82, 2.24) is 19.6 Å². The Labute approximate surface area is 208 Å². The molecule has 2 saturated heterocycles. The summed E-state index contributed by atoms with van der Waals surface area (Å²) < 4.78 is 43.0. The number of alkyl halides is 3. The van der Waals surface area contributed by atoms with Gasteiger partial charge in [-0.2, -0.15) is 23.0 Å². The minimum Gasteiger partial charge on any atom is -0.371 e. The molecule has 36 heavy (non-hydrogen) atoms. The Bertz CT molecular complexity index is 1220. The number of anilines is 1. The highest BCUT2D eigenvalue weighted by Crippen LogP contribution is 2.38. The third-order valence-corrected chi connectivity index (χ3v) is 7.16. The first-order valence-corrected chi connectivity index (χ1v) is 12.4. The van der Waals surface area contributed by atoms with Crippen LogP contribution in [0.2, 0.25) is 0 Å². The highest BCUT2D eigenvalue weighted by Gasteiger charge is 2.36. The predicted octanol–water partition coefficient (Wildman–Crippen LogP) is 5.26. The average Bonchev–Trinajstić information content (AvgIpc) is 3.57. The summed E-state index contributed by atoms with van der Waals surface area (Å²) >= 11 is 0. The second-order valence-corrected chi connectivity index (χ2v) is 9.53. The number of halogens is 3. The molecule has 0 aliphatic carbocycles. The van der Waals surface area contributed by atoms with E-state index in [1.165, 1.54) is 16.8 Å². The highest BCUT2D eigenvalue weighted by atomic mass is 19.4. The van der Waals surface area contributed by atoms with Crippen molar-refractivity contribution in [3.05, 3.63) is 71.5 Å². The summed E-state index contributed by atoms with van der Waals surface area (Å²) in [4.78, 5) is 18.8. The largest absolute Gasteiger partial charge is 0.416 e. The molecule has 9 heteroatoms. The summed E-state index contributed by atoms with van der Waals surface area (Å²) in [7, 11) is 0. The molecule has 0 saturated carbocycles. The van der Waals surface area contributed by atoms with Crippen molar-refractivity contribution in [2.45, 2.75) is 32.5 Å². The molecule has 190 valence electrons. The van der Waals surface area contributed by atoms with E-state index in [1.807, 2.05) is 36.1 Å². The van der Waals surface area contributed by atoms with E-state index in [-0.39, 0.29) is 12.6 Å². The van der Waals surface area contributed by atoms with Crippen LogP contribution < -0.4 is 4.90 Å². The van der Waals surface area contributed by atoms with Crippen LogP contribution in [0.1, 0.15) is 29.5 Å². The molecule has 0 N–H and O–H groups in total. The Morgan fingerprint density at radius 3 is 2.36 bits per heavy atom. The van der Waals surface area contributed by atoms with Gasteiger partial charge in [0.15, 0.2) is 0 Å².